The molecule has 0 spiro atoms. The van der Waals surface area contributed by atoms with Crippen LogP contribution >= 0.6 is 11.8 Å². The maximum Gasteiger partial charge on any atom is 0.139 e. The molecule has 2 heterocycles. The van der Waals surface area contributed by atoms with Gasteiger partial charge < -0.3 is 4.57 Å². The van der Waals surface area contributed by atoms with Crippen LogP contribution in [0, 0.1) is 18.6 Å². The first kappa shape index (κ1) is 16.9. The molecule has 0 atom stereocenters. The van der Waals surface area contributed by atoms with Gasteiger partial charge >= 0.3 is 0 Å². The third kappa shape index (κ3) is 4.12. The lowest BCUT2D eigenvalue weighted by Crippen LogP contribution is -1.97. The average Bonchev–Trinajstić information content (AvgIpc) is 2.94. The van der Waals surface area contributed by atoms with Gasteiger partial charge in [-0.3, -0.25) is 4.98 Å². The van der Waals surface area contributed by atoms with E-state index in [9.17, 15) is 8.78 Å². The predicted octanol–water partition coefficient (Wildman–Crippen LogP) is 4.98. The SMILES string of the molecule is Cc1cc2c(cn1)ncn2CCCCCSc1ccc(F)cc1F. The van der Waals surface area contributed by atoms with Crippen molar-refractivity contribution in [2.75, 3.05) is 5.75 Å². The van der Waals surface area contributed by atoms with Gasteiger partial charge in [0.25, 0.3) is 0 Å². The second-order valence-electron chi connectivity index (χ2n) is 5.74. The van der Waals surface area contributed by atoms with E-state index in [1.165, 1.54) is 23.9 Å². The highest BCUT2D eigenvalue weighted by Gasteiger charge is 2.05. The molecule has 3 aromatic rings. The summed E-state index contributed by atoms with van der Waals surface area (Å²) in [5, 5.41) is 0. The molecule has 2 aromatic heterocycles. The van der Waals surface area contributed by atoms with Crippen LogP contribution < -0.4 is 0 Å². The van der Waals surface area contributed by atoms with Crippen molar-refractivity contribution in [3.05, 3.63) is 54.1 Å². The lowest BCUT2D eigenvalue weighted by atomic mass is 10.2. The van der Waals surface area contributed by atoms with Gasteiger partial charge in [-0.25, -0.2) is 13.8 Å². The molecule has 3 nitrogen and oxygen atoms in total. The Morgan fingerprint density at radius 1 is 1.08 bits per heavy atom. The van der Waals surface area contributed by atoms with Gasteiger partial charge in [0.2, 0.25) is 0 Å². The zero-order valence-electron chi connectivity index (χ0n) is 13.5. The van der Waals surface area contributed by atoms with E-state index in [2.05, 4.69) is 20.6 Å². The molecule has 0 radical (unpaired) electrons. The molecule has 6 heteroatoms. The molecule has 0 bridgehead atoms. The number of halogens is 2. The van der Waals surface area contributed by atoms with E-state index in [1.54, 1.807) is 6.20 Å². The molecule has 0 N–H and O–H groups in total. The Bertz CT molecular complexity index is 832. The monoisotopic (exact) mass is 347 g/mol. The molecule has 126 valence electrons. The van der Waals surface area contributed by atoms with Crippen molar-refractivity contribution in [2.24, 2.45) is 0 Å². The van der Waals surface area contributed by atoms with Crippen molar-refractivity contribution in [1.29, 1.82) is 0 Å². The summed E-state index contributed by atoms with van der Waals surface area (Å²) in [7, 11) is 0. The predicted molar refractivity (Wildman–Crippen MR) is 93.2 cm³/mol. The average molecular weight is 347 g/mol. The quantitative estimate of drug-likeness (QED) is 0.446. The highest BCUT2D eigenvalue weighted by molar-refractivity contribution is 7.99. The maximum atomic E-state index is 13.5. The van der Waals surface area contributed by atoms with Crippen LogP contribution in [0.15, 0.2) is 41.7 Å². The molecule has 0 aliphatic rings. The minimum Gasteiger partial charge on any atom is -0.330 e. The van der Waals surface area contributed by atoms with Crippen LogP contribution in [-0.4, -0.2) is 20.3 Å². The van der Waals surface area contributed by atoms with Crippen LogP contribution in [0.1, 0.15) is 25.0 Å². The fraction of sp³-hybridized carbons (Fsp3) is 0.333. The van der Waals surface area contributed by atoms with E-state index in [1.807, 2.05) is 13.3 Å². The standard InChI is InChI=1S/C18H19F2N3S/c1-13-9-17-16(11-21-13)22-12-23(17)7-3-2-4-8-24-18-6-5-14(19)10-15(18)20/h5-6,9-12H,2-4,7-8H2,1H3. The molecule has 0 aliphatic heterocycles. The summed E-state index contributed by atoms with van der Waals surface area (Å²) in [6, 6.07) is 5.79. The van der Waals surface area contributed by atoms with E-state index < -0.39 is 11.6 Å². The van der Waals surface area contributed by atoms with Crippen molar-refractivity contribution in [3.8, 4) is 0 Å². The van der Waals surface area contributed by atoms with E-state index in [0.717, 1.165) is 54.4 Å². The number of unbranched alkanes of at least 4 members (excludes halogenated alkanes) is 2. The number of nitrogens with zero attached hydrogens (tertiary/aromatic N) is 3. The molecule has 0 amide bonds. The number of thioether (sulfide) groups is 1. The van der Waals surface area contributed by atoms with E-state index >= 15 is 0 Å². The second kappa shape index (κ2) is 7.75. The Hall–Kier alpha value is -1.95. The second-order valence-corrected chi connectivity index (χ2v) is 6.87. The first-order valence-corrected chi connectivity index (χ1v) is 8.97. The minimum absolute atomic E-state index is 0.478. The number of hydrogen-bond acceptors (Lipinski definition) is 3. The molecule has 0 saturated heterocycles. The molecule has 3 rings (SSSR count). The van der Waals surface area contributed by atoms with E-state index in [-0.39, 0.29) is 0 Å². The van der Waals surface area contributed by atoms with Gasteiger partial charge in [-0.15, -0.1) is 11.8 Å². The molecule has 0 fully saturated rings. The lowest BCUT2D eigenvalue weighted by molar-refractivity contribution is 0.565. The summed E-state index contributed by atoms with van der Waals surface area (Å²) in [5.74, 6) is -0.181. The van der Waals surface area contributed by atoms with Crippen LogP contribution in [0.5, 0.6) is 0 Å². The molecule has 0 aliphatic carbocycles. The molecule has 24 heavy (non-hydrogen) atoms. The third-order valence-electron chi connectivity index (χ3n) is 3.84. The van der Waals surface area contributed by atoms with Gasteiger partial charge in [-0.05, 0) is 43.7 Å². The molecular formula is C18H19F2N3S. The topological polar surface area (TPSA) is 30.7 Å². The van der Waals surface area contributed by atoms with Crippen molar-refractivity contribution >= 4 is 22.8 Å². The summed E-state index contributed by atoms with van der Waals surface area (Å²) in [5.41, 5.74) is 3.02. The fourth-order valence-electron chi connectivity index (χ4n) is 2.58. The van der Waals surface area contributed by atoms with Gasteiger partial charge in [0, 0.05) is 23.2 Å². The summed E-state index contributed by atoms with van der Waals surface area (Å²) in [4.78, 5) is 9.12. The first-order valence-electron chi connectivity index (χ1n) is 7.99. The van der Waals surface area contributed by atoms with Crippen LogP contribution in [0.4, 0.5) is 8.78 Å². The highest BCUT2D eigenvalue weighted by atomic mass is 32.2. The highest BCUT2D eigenvalue weighted by Crippen LogP contribution is 2.23. The summed E-state index contributed by atoms with van der Waals surface area (Å²) in [6.45, 7) is 2.89. The summed E-state index contributed by atoms with van der Waals surface area (Å²) in [6.07, 6.45) is 6.75. The number of aromatic nitrogens is 3. The van der Waals surface area contributed by atoms with Crippen LogP contribution in [-0.2, 0) is 6.54 Å². The molecular weight excluding hydrogens is 328 g/mol. The number of pyridine rings is 1. The van der Waals surface area contributed by atoms with Crippen molar-refractivity contribution < 1.29 is 8.78 Å². The Kier molecular flexibility index (Phi) is 5.45. The maximum absolute atomic E-state index is 13.5. The Morgan fingerprint density at radius 3 is 2.79 bits per heavy atom. The fourth-order valence-corrected chi connectivity index (χ4v) is 3.50. The third-order valence-corrected chi connectivity index (χ3v) is 4.97. The largest absolute Gasteiger partial charge is 0.330 e. The number of hydrogen-bond donors (Lipinski definition) is 0. The van der Waals surface area contributed by atoms with E-state index in [0.29, 0.717) is 4.90 Å². The van der Waals surface area contributed by atoms with Gasteiger partial charge in [-0.1, -0.05) is 6.42 Å². The number of aryl methyl sites for hydroxylation is 2. The summed E-state index contributed by atoms with van der Waals surface area (Å²) >= 11 is 1.44. The van der Waals surface area contributed by atoms with Gasteiger partial charge in [0.15, 0.2) is 0 Å². The number of fused-ring (bicyclic) bond motifs is 1. The zero-order valence-corrected chi connectivity index (χ0v) is 14.3. The van der Waals surface area contributed by atoms with Crippen molar-refractivity contribution in [1.82, 2.24) is 14.5 Å². The molecule has 1 aromatic carbocycles. The molecule has 0 saturated carbocycles. The Balaban J connectivity index is 1.43. The number of benzene rings is 1. The Labute approximate surface area is 144 Å². The number of imidazole rings is 1. The lowest BCUT2D eigenvalue weighted by Gasteiger charge is -2.06. The van der Waals surface area contributed by atoms with Gasteiger partial charge in [0.1, 0.15) is 17.2 Å². The molecule has 0 unspecified atom stereocenters. The van der Waals surface area contributed by atoms with Crippen LogP contribution in [0.3, 0.4) is 0 Å². The van der Waals surface area contributed by atoms with Crippen molar-refractivity contribution in [3.63, 3.8) is 0 Å². The smallest absolute Gasteiger partial charge is 0.139 e. The van der Waals surface area contributed by atoms with E-state index in [4.69, 9.17) is 0 Å². The normalized spacial score (nSPS) is 11.3. The van der Waals surface area contributed by atoms with Crippen LogP contribution in [0.2, 0.25) is 0 Å². The minimum atomic E-state index is -0.533. The Morgan fingerprint density at radius 2 is 1.96 bits per heavy atom. The van der Waals surface area contributed by atoms with Gasteiger partial charge in [0.05, 0.1) is 18.0 Å². The zero-order chi connectivity index (χ0) is 16.9. The first-order chi connectivity index (χ1) is 11.6. The van der Waals surface area contributed by atoms with Crippen molar-refractivity contribution in [2.45, 2.75) is 37.6 Å². The summed E-state index contributed by atoms with van der Waals surface area (Å²) < 4.78 is 28.5. The number of rotatable bonds is 7. The van der Waals surface area contributed by atoms with Crippen LogP contribution in [0.25, 0.3) is 11.0 Å². The van der Waals surface area contributed by atoms with Gasteiger partial charge in [-0.2, -0.15) is 0 Å².